The highest BCUT2D eigenvalue weighted by molar-refractivity contribution is 7.71. The zero-order valence-electron chi connectivity index (χ0n) is 12.3. The molecule has 0 radical (unpaired) electrons. The van der Waals surface area contributed by atoms with Gasteiger partial charge in [0.15, 0.2) is 0 Å². The van der Waals surface area contributed by atoms with Crippen molar-refractivity contribution in [2.45, 2.75) is 13.2 Å². The molecule has 2 aromatic heterocycles. The molecule has 3 aromatic rings. The molecule has 2 heterocycles. The second kappa shape index (κ2) is 6.68. The van der Waals surface area contributed by atoms with Crippen LogP contribution in [0.1, 0.15) is 11.1 Å². The summed E-state index contributed by atoms with van der Waals surface area (Å²) in [5, 5.41) is 10.2. The first-order valence-corrected chi connectivity index (χ1v) is 7.91. The smallest absolute Gasteiger partial charge is 0.0716 e. The van der Waals surface area contributed by atoms with Crippen LogP contribution in [-0.2, 0) is 13.2 Å². The highest BCUT2D eigenvalue weighted by Gasteiger charge is 2.16. The van der Waals surface area contributed by atoms with E-state index in [4.69, 9.17) is 29.6 Å². The molecule has 0 aliphatic carbocycles. The molecule has 5 N–H and O–H groups in total. The van der Waals surface area contributed by atoms with E-state index >= 15 is 0 Å². The Kier molecular flexibility index (Phi) is 4.63. The molecule has 3 rings (SSSR count). The van der Waals surface area contributed by atoms with E-state index in [1.165, 1.54) is 0 Å². The fraction of sp³-hybridized carbons (Fsp3) is 0.118. The monoisotopic (exact) mass is 345 g/mol. The minimum atomic E-state index is -0.161. The third kappa shape index (κ3) is 2.96. The largest absolute Gasteiger partial charge is 0.392 e. The summed E-state index contributed by atoms with van der Waals surface area (Å²) in [6, 6.07) is 7.62. The van der Waals surface area contributed by atoms with Crippen LogP contribution in [0.2, 0.25) is 5.02 Å². The molecular formula is C17H16ClN3OS. The zero-order valence-corrected chi connectivity index (χ0v) is 13.8. The van der Waals surface area contributed by atoms with Crippen molar-refractivity contribution in [1.29, 1.82) is 0 Å². The Morgan fingerprint density at radius 2 is 2.00 bits per heavy atom. The van der Waals surface area contributed by atoms with Crippen LogP contribution in [0, 0.1) is 4.51 Å². The van der Waals surface area contributed by atoms with Crippen LogP contribution < -0.4 is 5.73 Å². The number of aliphatic hydroxyl groups excluding tert-OH is 1. The highest BCUT2D eigenvalue weighted by Crippen LogP contribution is 2.36. The topological polar surface area (TPSA) is 77.8 Å². The molecule has 6 heteroatoms. The lowest BCUT2D eigenvalue weighted by atomic mass is 9.96. The van der Waals surface area contributed by atoms with Crippen molar-refractivity contribution in [2.75, 3.05) is 0 Å². The van der Waals surface area contributed by atoms with Gasteiger partial charge in [0.1, 0.15) is 0 Å². The van der Waals surface area contributed by atoms with Crippen LogP contribution >= 0.6 is 23.8 Å². The van der Waals surface area contributed by atoms with E-state index in [1.54, 1.807) is 12.3 Å². The van der Waals surface area contributed by atoms with Gasteiger partial charge in [-0.3, -0.25) is 0 Å². The molecule has 4 nitrogen and oxygen atoms in total. The van der Waals surface area contributed by atoms with Gasteiger partial charge in [0.05, 0.1) is 17.3 Å². The van der Waals surface area contributed by atoms with Crippen LogP contribution in [0.3, 0.4) is 0 Å². The Labute approximate surface area is 144 Å². The number of rotatable bonds is 4. The normalized spacial score (nSPS) is 10.9. The molecule has 0 aliphatic rings. The average molecular weight is 346 g/mol. The van der Waals surface area contributed by atoms with Gasteiger partial charge in [-0.05, 0) is 41.0 Å². The standard InChI is InChI=1S/C17H16ClN3OS/c18-14-6-11(10-1-3-20-8-10)5-12(7-19)16(14)17-13(9-22)15(23)2-4-21-17/h1-6,8,20,22H,7,9,19H2,(H,21,23). The van der Waals surface area contributed by atoms with Crippen molar-refractivity contribution in [1.82, 2.24) is 9.97 Å². The third-order valence-electron chi connectivity index (χ3n) is 3.79. The molecule has 0 fully saturated rings. The summed E-state index contributed by atoms with van der Waals surface area (Å²) in [4.78, 5) is 6.17. The van der Waals surface area contributed by atoms with E-state index < -0.39 is 0 Å². The van der Waals surface area contributed by atoms with E-state index in [1.807, 2.05) is 30.6 Å². The molecule has 0 bridgehead atoms. The number of H-pyrrole nitrogens is 2. The lowest BCUT2D eigenvalue weighted by molar-refractivity contribution is 0.281. The number of nitrogens with one attached hydrogen (secondary N) is 2. The maximum atomic E-state index is 9.65. The van der Waals surface area contributed by atoms with Crippen molar-refractivity contribution < 1.29 is 5.11 Å². The van der Waals surface area contributed by atoms with Crippen molar-refractivity contribution in [3.8, 4) is 22.4 Å². The fourth-order valence-electron chi connectivity index (χ4n) is 2.67. The minimum Gasteiger partial charge on any atom is -0.392 e. The Hall–Kier alpha value is -1.92. The number of aromatic amines is 2. The van der Waals surface area contributed by atoms with Gasteiger partial charge < -0.3 is 20.8 Å². The van der Waals surface area contributed by atoms with Crippen molar-refractivity contribution in [2.24, 2.45) is 5.73 Å². The molecule has 0 saturated carbocycles. The van der Waals surface area contributed by atoms with Crippen LogP contribution in [0.25, 0.3) is 22.4 Å². The molecule has 0 spiro atoms. The molecular weight excluding hydrogens is 330 g/mol. The van der Waals surface area contributed by atoms with Crippen molar-refractivity contribution in [3.05, 3.63) is 63.5 Å². The summed E-state index contributed by atoms with van der Waals surface area (Å²) < 4.78 is 0.593. The summed E-state index contributed by atoms with van der Waals surface area (Å²) in [6.07, 6.45) is 5.51. The maximum absolute atomic E-state index is 9.65. The molecule has 0 aliphatic heterocycles. The molecule has 1 aromatic carbocycles. The van der Waals surface area contributed by atoms with Gasteiger partial charge in [0.25, 0.3) is 0 Å². The third-order valence-corrected chi connectivity index (χ3v) is 4.47. The number of halogens is 1. The summed E-state index contributed by atoms with van der Waals surface area (Å²) >= 11 is 11.8. The lowest BCUT2D eigenvalue weighted by Gasteiger charge is -2.15. The van der Waals surface area contributed by atoms with E-state index in [0.717, 1.165) is 22.3 Å². The first-order chi connectivity index (χ1) is 11.2. The van der Waals surface area contributed by atoms with Gasteiger partial charge in [0.2, 0.25) is 0 Å². The Morgan fingerprint density at radius 3 is 2.65 bits per heavy atom. The fourth-order valence-corrected chi connectivity index (χ4v) is 3.23. The predicted octanol–water partition coefficient (Wildman–Crippen LogP) is 4.01. The first-order valence-electron chi connectivity index (χ1n) is 7.13. The molecule has 0 amide bonds. The van der Waals surface area contributed by atoms with Gasteiger partial charge in [-0.1, -0.05) is 23.8 Å². The van der Waals surface area contributed by atoms with Crippen LogP contribution in [-0.4, -0.2) is 15.1 Å². The number of nitrogens with two attached hydrogens (primary N) is 1. The van der Waals surface area contributed by atoms with E-state index in [2.05, 4.69) is 9.97 Å². The van der Waals surface area contributed by atoms with Gasteiger partial charge in [-0.2, -0.15) is 0 Å². The number of pyridine rings is 1. The van der Waals surface area contributed by atoms with Crippen molar-refractivity contribution >= 4 is 23.8 Å². The first kappa shape index (κ1) is 16.0. The lowest BCUT2D eigenvalue weighted by Crippen LogP contribution is -2.03. The number of hydrogen-bond donors (Lipinski definition) is 4. The quantitative estimate of drug-likeness (QED) is 0.539. The van der Waals surface area contributed by atoms with E-state index in [9.17, 15) is 5.11 Å². The van der Waals surface area contributed by atoms with Crippen LogP contribution in [0.15, 0.2) is 42.9 Å². The Morgan fingerprint density at radius 1 is 1.17 bits per heavy atom. The van der Waals surface area contributed by atoms with Gasteiger partial charge in [-0.25, -0.2) is 0 Å². The summed E-state index contributed by atoms with van der Waals surface area (Å²) in [7, 11) is 0. The average Bonchev–Trinajstić information content (AvgIpc) is 3.08. The maximum Gasteiger partial charge on any atom is 0.0716 e. The number of hydrogen-bond acceptors (Lipinski definition) is 3. The molecule has 0 saturated heterocycles. The second-order valence-electron chi connectivity index (χ2n) is 5.15. The SMILES string of the molecule is NCc1cc(-c2cc[nH]c2)cc(Cl)c1-c1[nH]ccc(=S)c1CO. The summed E-state index contributed by atoms with van der Waals surface area (Å²) in [5.74, 6) is 0. The van der Waals surface area contributed by atoms with E-state index in [0.29, 0.717) is 27.3 Å². The Bertz CT molecular complexity index is 887. The minimum absolute atomic E-state index is 0.161. The van der Waals surface area contributed by atoms with Gasteiger partial charge in [0, 0.05) is 40.8 Å². The Balaban J connectivity index is 2.25. The molecule has 23 heavy (non-hydrogen) atoms. The summed E-state index contributed by atoms with van der Waals surface area (Å²) in [5.41, 5.74) is 11.0. The number of aliphatic hydroxyl groups is 1. The number of benzene rings is 1. The second-order valence-corrected chi connectivity index (χ2v) is 6.00. The molecule has 0 atom stereocenters. The highest BCUT2D eigenvalue weighted by atomic mass is 35.5. The van der Waals surface area contributed by atoms with E-state index in [-0.39, 0.29) is 6.61 Å². The molecule has 0 unspecified atom stereocenters. The van der Waals surface area contributed by atoms with Gasteiger partial charge >= 0.3 is 0 Å². The zero-order chi connectivity index (χ0) is 16.4. The van der Waals surface area contributed by atoms with Crippen LogP contribution in [0.5, 0.6) is 0 Å². The summed E-state index contributed by atoms with van der Waals surface area (Å²) in [6.45, 7) is 0.166. The predicted molar refractivity (Wildman–Crippen MR) is 95.7 cm³/mol. The molecule has 118 valence electrons. The van der Waals surface area contributed by atoms with Gasteiger partial charge in [-0.15, -0.1) is 0 Å². The van der Waals surface area contributed by atoms with Crippen molar-refractivity contribution in [3.63, 3.8) is 0 Å². The van der Waals surface area contributed by atoms with Crippen LogP contribution in [0.4, 0.5) is 0 Å². The number of aromatic nitrogens is 2.